The lowest BCUT2D eigenvalue weighted by atomic mass is 9.91. The molecule has 2 N–H and O–H groups in total. The molecule has 0 rings (SSSR count). The minimum absolute atomic E-state index is 0.0355. The van der Waals surface area contributed by atoms with Crippen LogP contribution in [0.2, 0.25) is 0 Å². The second-order valence-electron chi connectivity index (χ2n) is 4.11. The molecule has 0 saturated carbocycles. The molecule has 0 spiro atoms. The fraction of sp³-hybridized carbons (Fsp3) is 1.00. The fourth-order valence-electron chi connectivity index (χ4n) is 1.39. The van der Waals surface area contributed by atoms with Gasteiger partial charge in [0.25, 0.3) is 0 Å². The lowest BCUT2D eigenvalue weighted by Gasteiger charge is -2.31. The van der Waals surface area contributed by atoms with E-state index in [4.69, 9.17) is 0 Å². The first-order chi connectivity index (χ1) is 6.69. The Labute approximate surface area is 88.9 Å². The molecule has 0 aromatic carbocycles. The van der Waals surface area contributed by atoms with Gasteiger partial charge in [-0.1, -0.05) is 6.92 Å². The van der Waals surface area contributed by atoms with Crippen LogP contribution < -0.4 is 5.32 Å². The maximum atomic E-state index is 11.9. The van der Waals surface area contributed by atoms with Crippen molar-refractivity contribution in [1.29, 1.82) is 0 Å². The maximum absolute atomic E-state index is 11.9. The van der Waals surface area contributed by atoms with Crippen LogP contribution in [0.15, 0.2) is 0 Å². The van der Waals surface area contributed by atoms with Crippen LogP contribution in [0, 0.1) is 0 Å². The van der Waals surface area contributed by atoms with Crippen LogP contribution >= 0.6 is 0 Å². The van der Waals surface area contributed by atoms with Gasteiger partial charge in [0.2, 0.25) is 0 Å². The maximum Gasteiger partial charge on any atom is 0.389 e. The number of aliphatic hydroxyl groups is 1. The van der Waals surface area contributed by atoms with Gasteiger partial charge < -0.3 is 10.4 Å². The first kappa shape index (κ1) is 14.7. The molecule has 0 amide bonds. The number of nitrogens with one attached hydrogen (secondary N) is 1. The zero-order valence-electron chi connectivity index (χ0n) is 9.49. The van der Waals surface area contributed by atoms with Gasteiger partial charge in [0.05, 0.1) is 5.60 Å². The van der Waals surface area contributed by atoms with E-state index in [1.54, 1.807) is 13.8 Å². The summed E-state index contributed by atoms with van der Waals surface area (Å²) in [5.74, 6) is 0. The Balaban J connectivity index is 3.93. The van der Waals surface area contributed by atoms with Crippen LogP contribution in [0.3, 0.4) is 0 Å². The lowest BCUT2D eigenvalue weighted by molar-refractivity contribution is -0.138. The van der Waals surface area contributed by atoms with Crippen molar-refractivity contribution in [2.24, 2.45) is 0 Å². The van der Waals surface area contributed by atoms with Crippen molar-refractivity contribution in [3.8, 4) is 0 Å². The van der Waals surface area contributed by atoms with Gasteiger partial charge in [0.1, 0.15) is 0 Å². The third-order valence-electron chi connectivity index (χ3n) is 2.59. The topological polar surface area (TPSA) is 32.3 Å². The molecule has 0 fully saturated rings. The van der Waals surface area contributed by atoms with E-state index in [1.165, 1.54) is 0 Å². The average molecular weight is 227 g/mol. The van der Waals surface area contributed by atoms with E-state index in [1.807, 2.05) is 6.92 Å². The van der Waals surface area contributed by atoms with Crippen LogP contribution in [-0.2, 0) is 0 Å². The third-order valence-corrected chi connectivity index (χ3v) is 2.59. The van der Waals surface area contributed by atoms with E-state index in [2.05, 4.69) is 5.32 Å². The van der Waals surface area contributed by atoms with E-state index in [-0.39, 0.29) is 18.9 Å². The SMILES string of the molecule is CCNC(C)C(C)(O)CCCC(F)(F)F. The van der Waals surface area contributed by atoms with E-state index in [9.17, 15) is 18.3 Å². The summed E-state index contributed by atoms with van der Waals surface area (Å²) in [5.41, 5.74) is -1.08. The first-order valence-corrected chi connectivity index (χ1v) is 5.21. The van der Waals surface area contributed by atoms with Gasteiger partial charge in [0.15, 0.2) is 0 Å². The van der Waals surface area contributed by atoms with E-state index in [0.29, 0.717) is 6.54 Å². The molecule has 15 heavy (non-hydrogen) atoms. The van der Waals surface area contributed by atoms with Crippen LogP contribution in [-0.4, -0.2) is 29.5 Å². The van der Waals surface area contributed by atoms with Crippen molar-refractivity contribution in [3.63, 3.8) is 0 Å². The highest BCUT2D eigenvalue weighted by molar-refractivity contribution is 4.84. The molecular weight excluding hydrogens is 207 g/mol. The van der Waals surface area contributed by atoms with Crippen LogP contribution in [0.5, 0.6) is 0 Å². The van der Waals surface area contributed by atoms with Gasteiger partial charge in [-0.3, -0.25) is 0 Å². The fourth-order valence-corrected chi connectivity index (χ4v) is 1.39. The van der Waals surface area contributed by atoms with Crippen LogP contribution in [0.4, 0.5) is 13.2 Å². The smallest absolute Gasteiger partial charge is 0.389 e. The summed E-state index contributed by atoms with van der Waals surface area (Å²) < 4.78 is 35.6. The highest BCUT2D eigenvalue weighted by atomic mass is 19.4. The normalized spacial score (nSPS) is 18.6. The molecule has 5 heteroatoms. The van der Waals surface area contributed by atoms with Crippen molar-refractivity contribution in [3.05, 3.63) is 0 Å². The monoisotopic (exact) mass is 227 g/mol. The van der Waals surface area contributed by atoms with Crippen molar-refractivity contribution in [2.45, 2.75) is 57.9 Å². The Hall–Kier alpha value is -0.290. The quantitative estimate of drug-likeness (QED) is 0.730. The van der Waals surface area contributed by atoms with Gasteiger partial charge in [-0.05, 0) is 33.2 Å². The Kier molecular flexibility index (Phi) is 5.59. The Morgan fingerprint density at radius 2 is 1.80 bits per heavy atom. The summed E-state index contributed by atoms with van der Waals surface area (Å²) in [4.78, 5) is 0. The predicted octanol–water partition coefficient (Wildman–Crippen LogP) is 2.47. The molecule has 2 unspecified atom stereocenters. The molecule has 0 aromatic rings. The molecule has 0 radical (unpaired) electrons. The van der Waals surface area contributed by atoms with Crippen molar-refractivity contribution in [1.82, 2.24) is 5.32 Å². The van der Waals surface area contributed by atoms with Crippen LogP contribution in [0.1, 0.15) is 40.0 Å². The molecule has 0 bridgehead atoms. The number of rotatable bonds is 6. The molecular formula is C10H20F3NO. The second-order valence-corrected chi connectivity index (χ2v) is 4.11. The number of halogens is 3. The van der Waals surface area contributed by atoms with Gasteiger partial charge in [0, 0.05) is 12.5 Å². The molecule has 0 aromatic heterocycles. The average Bonchev–Trinajstić information content (AvgIpc) is 2.01. The Bertz CT molecular complexity index is 180. The minimum Gasteiger partial charge on any atom is -0.389 e. The van der Waals surface area contributed by atoms with Gasteiger partial charge in [-0.2, -0.15) is 13.2 Å². The molecule has 0 aliphatic rings. The summed E-state index contributed by atoms with van der Waals surface area (Å²) in [6, 6.07) is -0.198. The lowest BCUT2D eigenvalue weighted by Crippen LogP contribution is -2.46. The predicted molar refractivity (Wildman–Crippen MR) is 53.7 cm³/mol. The van der Waals surface area contributed by atoms with Crippen LogP contribution in [0.25, 0.3) is 0 Å². The summed E-state index contributed by atoms with van der Waals surface area (Å²) >= 11 is 0. The number of likely N-dealkylation sites (N-methyl/N-ethyl adjacent to an activating group) is 1. The molecule has 92 valence electrons. The molecule has 0 saturated heterocycles. The zero-order chi connectivity index (χ0) is 12.1. The van der Waals surface area contributed by atoms with Crippen molar-refractivity contribution < 1.29 is 18.3 Å². The molecule has 0 heterocycles. The molecule has 0 aliphatic heterocycles. The number of hydrogen-bond donors (Lipinski definition) is 2. The summed E-state index contributed by atoms with van der Waals surface area (Å²) in [6.45, 7) is 5.92. The largest absolute Gasteiger partial charge is 0.389 e. The standard InChI is InChI=1S/C10H20F3NO/c1-4-14-8(2)9(3,15)6-5-7-10(11,12)13/h8,14-15H,4-7H2,1-3H3. The number of hydrogen-bond acceptors (Lipinski definition) is 2. The summed E-state index contributed by atoms with van der Waals surface area (Å²) in [5, 5.41) is 12.9. The molecule has 2 atom stereocenters. The van der Waals surface area contributed by atoms with Crippen molar-refractivity contribution in [2.75, 3.05) is 6.54 Å². The second kappa shape index (κ2) is 5.70. The Morgan fingerprint density at radius 1 is 1.27 bits per heavy atom. The molecule has 2 nitrogen and oxygen atoms in total. The van der Waals surface area contributed by atoms with E-state index < -0.39 is 18.2 Å². The highest BCUT2D eigenvalue weighted by Gasteiger charge is 2.31. The van der Waals surface area contributed by atoms with Gasteiger partial charge >= 0.3 is 6.18 Å². The minimum atomic E-state index is -4.13. The van der Waals surface area contributed by atoms with Gasteiger partial charge in [-0.25, -0.2) is 0 Å². The van der Waals surface area contributed by atoms with Gasteiger partial charge in [-0.15, -0.1) is 0 Å². The summed E-state index contributed by atoms with van der Waals surface area (Å²) in [6.07, 6.45) is -4.84. The van der Waals surface area contributed by atoms with Crippen molar-refractivity contribution >= 4 is 0 Å². The third kappa shape index (κ3) is 6.73. The highest BCUT2D eigenvalue weighted by Crippen LogP contribution is 2.26. The first-order valence-electron chi connectivity index (χ1n) is 5.21. The Morgan fingerprint density at radius 3 is 2.20 bits per heavy atom. The van der Waals surface area contributed by atoms with E-state index in [0.717, 1.165) is 0 Å². The molecule has 0 aliphatic carbocycles. The summed E-state index contributed by atoms with van der Waals surface area (Å²) in [7, 11) is 0. The van der Waals surface area contributed by atoms with E-state index >= 15 is 0 Å². The zero-order valence-corrected chi connectivity index (χ0v) is 9.49. The number of alkyl halides is 3.